The van der Waals surface area contributed by atoms with Gasteiger partial charge in [0.05, 0.1) is 13.7 Å². The maximum absolute atomic E-state index is 10.6. The van der Waals surface area contributed by atoms with Gasteiger partial charge in [0.15, 0.2) is 0 Å². The first kappa shape index (κ1) is 12.8. The van der Waals surface area contributed by atoms with E-state index in [1.165, 1.54) is 0 Å². The Hall–Kier alpha value is -1.64. The summed E-state index contributed by atoms with van der Waals surface area (Å²) < 4.78 is 10.6. The number of ether oxygens (including phenoxy) is 2. The summed E-state index contributed by atoms with van der Waals surface area (Å²) in [6, 6.07) is 5.88. The second-order valence-corrected chi connectivity index (χ2v) is 4.52. The lowest BCUT2D eigenvalue weighted by molar-refractivity contribution is 0.180. The summed E-state index contributed by atoms with van der Waals surface area (Å²) >= 11 is 0. The van der Waals surface area contributed by atoms with Crippen LogP contribution in [0.1, 0.15) is 30.4 Å². The highest BCUT2D eigenvalue weighted by Gasteiger charge is 2.41. The Morgan fingerprint density at radius 3 is 2.67 bits per heavy atom. The van der Waals surface area contributed by atoms with Crippen molar-refractivity contribution in [2.45, 2.75) is 31.4 Å². The van der Waals surface area contributed by atoms with Crippen LogP contribution in [0.2, 0.25) is 0 Å². The van der Waals surface area contributed by atoms with E-state index in [1.807, 2.05) is 18.2 Å². The second kappa shape index (κ2) is 5.34. The average molecular weight is 247 g/mol. The quantitative estimate of drug-likeness (QED) is 0.593. The molecular formula is C14H17NO3. The fraction of sp³-hybridized carbons (Fsp3) is 0.500. The van der Waals surface area contributed by atoms with Gasteiger partial charge in [0.25, 0.3) is 0 Å². The largest absolute Gasteiger partial charge is 0.496 e. The van der Waals surface area contributed by atoms with Gasteiger partial charge in [0, 0.05) is 18.2 Å². The lowest BCUT2D eigenvalue weighted by Crippen LogP contribution is -2.32. The number of hydrogen-bond acceptors (Lipinski definition) is 4. The summed E-state index contributed by atoms with van der Waals surface area (Å²) in [5.41, 5.74) is 1.51. The molecule has 1 aromatic carbocycles. The van der Waals surface area contributed by atoms with Crippen molar-refractivity contribution < 1.29 is 14.3 Å². The summed E-state index contributed by atoms with van der Waals surface area (Å²) in [6.07, 6.45) is 4.51. The van der Waals surface area contributed by atoms with Crippen molar-refractivity contribution in [2.75, 3.05) is 14.2 Å². The van der Waals surface area contributed by atoms with Crippen molar-refractivity contribution in [2.24, 2.45) is 4.99 Å². The molecule has 18 heavy (non-hydrogen) atoms. The first-order valence-corrected chi connectivity index (χ1v) is 6.02. The van der Waals surface area contributed by atoms with Crippen molar-refractivity contribution in [1.82, 2.24) is 0 Å². The van der Waals surface area contributed by atoms with Crippen molar-refractivity contribution in [1.29, 1.82) is 0 Å². The van der Waals surface area contributed by atoms with Crippen LogP contribution >= 0.6 is 0 Å². The van der Waals surface area contributed by atoms with Gasteiger partial charge < -0.3 is 9.47 Å². The van der Waals surface area contributed by atoms with Crippen molar-refractivity contribution >= 4 is 6.08 Å². The molecule has 4 heteroatoms. The van der Waals surface area contributed by atoms with Crippen molar-refractivity contribution in [3.05, 3.63) is 29.3 Å². The van der Waals surface area contributed by atoms with E-state index >= 15 is 0 Å². The standard InChI is InChI=1S/C14H17NO3/c1-17-9-11-5-3-6-12(13(11)18-2)14(15-10-16)7-4-8-14/h3,5-6H,4,7-9H2,1-2H3. The molecule has 0 amide bonds. The summed E-state index contributed by atoms with van der Waals surface area (Å²) in [5, 5.41) is 0. The number of para-hydroxylation sites is 1. The van der Waals surface area contributed by atoms with Crippen LogP contribution < -0.4 is 4.74 Å². The Balaban J connectivity index is 2.49. The number of methoxy groups -OCH3 is 2. The van der Waals surface area contributed by atoms with E-state index in [4.69, 9.17) is 9.47 Å². The molecule has 2 rings (SSSR count). The van der Waals surface area contributed by atoms with E-state index in [2.05, 4.69) is 4.99 Å². The first-order chi connectivity index (χ1) is 8.77. The highest BCUT2D eigenvalue weighted by Crippen LogP contribution is 2.48. The fourth-order valence-electron chi connectivity index (χ4n) is 2.50. The highest BCUT2D eigenvalue weighted by atomic mass is 16.5. The minimum absolute atomic E-state index is 0.434. The van der Waals surface area contributed by atoms with Crippen LogP contribution in [0, 0.1) is 0 Å². The zero-order chi connectivity index (χ0) is 13.0. The normalized spacial score (nSPS) is 16.6. The Kier molecular flexibility index (Phi) is 3.80. The number of aliphatic imine (C=N–C) groups is 1. The first-order valence-electron chi connectivity index (χ1n) is 6.02. The van der Waals surface area contributed by atoms with Crippen molar-refractivity contribution in [3.63, 3.8) is 0 Å². The highest BCUT2D eigenvalue weighted by molar-refractivity contribution is 5.49. The van der Waals surface area contributed by atoms with Crippen LogP contribution in [-0.4, -0.2) is 20.3 Å². The molecule has 0 atom stereocenters. The number of benzene rings is 1. The molecule has 0 N–H and O–H groups in total. The molecule has 1 saturated carbocycles. The molecule has 0 aliphatic heterocycles. The SMILES string of the molecule is COCc1cccc(C2(N=C=O)CCC2)c1OC. The third kappa shape index (κ3) is 2.05. The van der Waals surface area contributed by atoms with Crippen LogP contribution in [0.4, 0.5) is 0 Å². The lowest BCUT2D eigenvalue weighted by atomic mass is 9.71. The molecule has 1 aliphatic carbocycles. The lowest BCUT2D eigenvalue weighted by Gasteiger charge is -2.38. The predicted octanol–water partition coefficient (Wildman–Crippen LogP) is 2.56. The van der Waals surface area contributed by atoms with E-state index in [1.54, 1.807) is 20.3 Å². The monoisotopic (exact) mass is 247 g/mol. The molecule has 96 valence electrons. The molecule has 0 spiro atoms. The maximum atomic E-state index is 10.6. The molecule has 0 radical (unpaired) electrons. The van der Waals surface area contributed by atoms with Gasteiger partial charge in [-0.2, -0.15) is 4.99 Å². The summed E-state index contributed by atoms with van der Waals surface area (Å²) in [6.45, 7) is 0.484. The Labute approximate surface area is 107 Å². The van der Waals surface area contributed by atoms with Gasteiger partial charge in [-0.05, 0) is 19.3 Å². The van der Waals surface area contributed by atoms with Crippen LogP contribution in [0.3, 0.4) is 0 Å². The van der Waals surface area contributed by atoms with E-state index in [0.29, 0.717) is 6.61 Å². The Bertz CT molecular complexity index is 474. The minimum atomic E-state index is -0.434. The minimum Gasteiger partial charge on any atom is -0.496 e. The van der Waals surface area contributed by atoms with Gasteiger partial charge >= 0.3 is 0 Å². The molecule has 0 bridgehead atoms. The van der Waals surface area contributed by atoms with Gasteiger partial charge in [-0.15, -0.1) is 0 Å². The second-order valence-electron chi connectivity index (χ2n) is 4.52. The Morgan fingerprint density at radius 2 is 2.17 bits per heavy atom. The number of hydrogen-bond donors (Lipinski definition) is 0. The van der Waals surface area contributed by atoms with Gasteiger partial charge in [0.2, 0.25) is 6.08 Å². The third-order valence-electron chi connectivity index (χ3n) is 3.54. The van der Waals surface area contributed by atoms with Crippen LogP contribution in [-0.2, 0) is 21.7 Å². The van der Waals surface area contributed by atoms with Gasteiger partial charge in [-0.25, -0.2) is 4.79 Å². The third-order valence-corrected chi connectivity index (χ3v) is 3.54. The smallest absolute Gasteiger partial charge is 0.235 e. The van der Waals surface area contributed by atoms with Gasteiger partial charge in [-0.3, -0.25) is 0 Å². The summed E-state index contributed by atoms with van der Waals surface area (Å²) in [7, 11) is 3.28. The van der Waals surface area contributed by atoms with Crippen molar-refractivity contribution in [3.8, 4) is 5.75 Å². The fourth-order valence-corrected chi connectivity index (χ4v) is 2.50. The van der Waals surface area contributed by atoms with Crippen LogP contribution in [0.15, 0.2) is 23.2 Å². The predicted molar refractivity (Wildman–Crippen MR) is 67.4 cm³/mol. The van der Waals surface area contributed by atoms with E-state index in [9.17, 15) is 4.79 Å². The van der Waals surface area contributed by atoms with Crippen LogP contribution in [0.5, 0.6) is 5.75 Å². The number of rotatable bonds is 5. The molecule has 1 aromatic rings. The topological polar surface area (TPSA) is 47.9 Å². The zero-order valence-electron chi connectivity index (χ0n) is 10.7. The number of isocyanates is 1. The molecule has 0 unspecified atom stereocenters. The van der Waals surface area contributed by atoms with E-state index in [-0.39, 0.29) is 0 Å². The molecule has 1 fully saturated rings. The average Bonchev–Trinajstić information content (AvgIpc) is 2.34. The number of nitrogens with zero attached hydrogens (tertiary/aromatic N) is 1. The number of carbonyl (C=O) groups excluding carboxylic acids is 1. The van der Waals surface area contributed by atoms with Gasteiger partial charge in [0.1, 0.15) is 11.3 Å². The van der Waals surface area contributed by atoms with E-state index in [0.717, 1.165) is 36.1 Å². The summed E-state index contributed by atoms with van der Waals surface area (Å²) in [5.74, 6) is 0.776. The zero-order valence-corrected chi connectivity index (χ0v) is 10.7. The van der Waals surface area contributed by atoms with Gasteiger partial charge in [-0.1, -0.05) is 18.2 Å². The molecular weight excluding hydrogens is 230 g/mol. The molecule has 0 heterocycles. The molecule has 0 aromatic heterocycles. The maximum Gasteiger partial charge on any atom is 0.235 e. The molecule has 0 saturated heterocycles. The summed E-state index contributed by atoms with van der Waals surface area (Å²) in [4.78, 5) is 14.7. The molecule has 4 nitrogen and oxygen atoms in total. The van der Waals surface area contributed by atoms with Crippen LogP contribution in [0.25, 0.3) is 0 Å². The Morgan fingerprint density at radius 1 is 1.39 bits per heavy atom. The molecule has 1 aliphatic rings. The van der Waals surface area contributed by atoms with E-state index < -0.39 is 5.54 Å².